The highest BCUT2D eigenvalue weighted by Gasteiger charge is 2.19. The summed E-state index contributed by atoms with van der Waals surface area (Å²) < 4.78 is 13.0. The molecule has 3 aromatic rings. The second-order valence-corrected chi connectivity index (χ2v) is 5.68. The summed E-state index contributed by atoms with van der Waals surface area (Å²) in [7, 11) is 0. The molecule has 0 aliphatic carbocycles. The SMILES string of the molecule is Fc1ccc(N2CCN(c3cncc4cccnc34)CC2)cc1. The first-order valence-electron chi connectivity index (χ1n) is 7.75. The molecule has 1 aliphatic heterocycles. The van der Waals surface area contributed by atoms with E-state index in [9.17, 15) is 4.39 Å². The van der Waals surface area contributed by atoms with Crippen molar-refractivity contribution >= 4 is 22.3 Å². The lowest BCUT2D eigenvalue weighted by Crippen LogP contribution is -2.46. The number of anilines is 2. The van der Waals surface area contributed by atoms with Crippen LogP contribution in [0.3, 0.4) is 0 Å². The van der Waals surface area contributed by atoms with Crippen molar-refractivity contribution in [2.45, 2.75) is 0 Å². The van der Waals surface area contributed by atoms with Crippen LogP contribution in [0.15, 0.2) is 55.0 Å². The maximum atomic E-state index is 13.0. The van der Waals surface area contributed by atoms with Gasteiger partial charge in [-0.3, -0.25) is 9.97 Å². The first kappa shape index (κ1) is 13.9. The molecule has 1 saturated heterocycles. The van der Waals surface area contributed by atoms with Crippen LogP contribution in [-0.2, 0) is 0 Å². The minimum atomic E-state index is -0.194. The third-order valence-electron chi connectivity index (χ3n) is 4.30. The Hall–Kier alpha value is -2.69. The molecule has 0 bridgehead atoms. The van der Waals surface area contributed by atoms with Crippen LogP contribution >= 0.6 is 0 Å². The van der Waals surface area contributed by atoms with Crippen LogP contribution in [0.2, 0.25) is 0 Å². The Labute approximate surface area is 134 Å². The van der Waals surface area contributed by atoms with Gasteiger partial charge in [0, 0.05) is 49.6 Å². The van der Waals surface area contributed by atoms with Crippen LogP contribution in [0.5, 0.6) is 0 Å². The van der Waals surface area contributed by atoms with Gasteiger partial charge in [-0.25, -0.2) is 4.39 Å². The number of halogens is 1. The van der Waals surface area contributed by atoms with Gasteiger partial charge in [-0.15, -0.1) is 0 Å². The van der Waals surface area contributed by atoms with E-state index < -0.39 is 0 Å². The lowest BCUT2D eigenvalue weighted by molar-refractivity contribution is 0.625. The maximum Gasteiger partial charge on any atom is 0.123 e. The van der Waals surface area contributed by atoms with Crippen LogP contribution in [0.4, 0.5) is 15.8 Å². The van der Waals surface area contributed by atoms with Crippen LogP contribution < -0.4 is 9.80 Å². The summed E-state index contributed by atoms with van der Waals surface area (Å²) in [6.07, 6.45) is 5.56. The highest BCUT2D eigenvalue weighted by Crippen LogP contribution is 2.25. The molecule has 3 heterocycles. The number of rotatable bonds is 2. The van der Waals surface area contributed by atoms with Gasteiger partial charge < -0.3 is 9.80 Å². The van der Waals surface area contributed by atoms with Crippen molar-refractivity contribution in [3.05, 3.63) is 60.8 Å². The Morgan fingerprint density at radius 1 is 0.870 bits per heavy atom. The van der Waals surface area contributed by atoms with Crippen LogP contribution in [0.1, 0.15) is 0 Å². The zero-order chi connectivity index (χ0) is 15.6. The number of piperazine rings is 1. The average molecular weight is 308 g/mol. The van der Waals surface area contributed by atoms with Crippen molar-refractivity contribution in [3.63, 3.8) is 0 Å². The molecular formula is C18H17FN4. The van der Waals surface area contributed by atoms with E-state index in [1.165, 1.54) is 12.1 Å². The minimum Gasteiger partial charge on any atom is -0.368 e. The predicted molar refractivity (Wildman–Crippen MR) is 90.4 cm³/mol. The number of hydrogen-bond donors (Lipinski definition) is 0. The van der Waals surface area contributed by atoms with E-state index >= 15 is 0 Å². The van der Waals surface area contributed by atoms with Gasteiger partial charge in [0.25, 0.3) is 0 Å². The quantitative estimate of drug-likeness (QED) is 0.728. The van der Waals surface area contributed by atoms with Crippen LogP contribution in [0.25, 0.3) is 10.9 Å². The van der Waals surface area contributed by atoms with Gasteiger partial charge in [-0.2, -0.15) is 0 Å². The fourth-order valence-electron chi connectivity index (χ4n) is 3.07. The summed E-state index contributed by atoms with van der Waals surface area (Å²) in [5.41, 5.74) is 3.15. The molecule has 4 nitrogen and oxygen atoms in total. The van der Waals surface area contributed by atoms with E-state index in [2.05, 4.69) is 19.8 Å². The van der Waals surface area contributed by atoms with E-state index in [0.717, 1.165) is 48.5 Å². The minimum absolute atomic E-state index is 0.194. The molecule has 1 fully saturated rings. The summed E-state index contributed by atoms with van der Waals surface area (Å²) in [5.74, 6) is -0.194. The van der Waals surface area contributed by atoms with E-state index in [-0.39, 0.29) is 5.82 Å². The molecule has 0 N–H and O–H groups in total. The summed E-state index contributed by atoms with van der Waals surface area (Å²) in [4.78, 5) is 13.4. The van der Waals surface area contributed by atoms with Gasteiger partial charge in [0.2, 0.25) is 0 Å². The second kappa shape index (κ2) is 5.83. The number of fused-ring (bicyclic) bond motifs is 1. The molecule has 0 spiro atoms. The molecule has 0 unspecified atom stereocenters. The molecule has 0 saturated carbocycles. The molecule has 116 valence electrons. The van der Waals surface area contributed by atoms with Gasteiger partial charge in [-0.05, 0) is 36.4 Å². The third-order valence-corrected chi connectivity index (χ3v) is 4.30. The van der Waals surface area contributed by atoms with E-state index in [4.69, 9.17) is 0 Å². The molecule has 0 amide bonds. The highest BCUT2D eigenvalue weighted by atomic mass is 19.1. The molecule has 5 heteroatoms. The average Bonchev–Trinajstić information content (AvgIpc) is 2.62. The molecule has 0 atom stereocenters. The van der Waals surface area contributed by atoms with E-state index in [1.54, 1.807) is 0 Å². The van der Waals surface area contributed by atoms with Crippen molar-refractivity contribution in [2.24, 2.45) is 0 Å². The van der Waals surface area contributed by atoms with E-state index in [1.807, 2.05) is 42.9 Å². The Balaban J connectivity index is 1.54. The van der Waals surface area contributed by atoms with Crippen molar-refractivity contribution < 1.29 is 4.39 Å². The number of benzene rings is 1. The van der Waals surface area contributed by atoms with Gasteiger partial charge in [0.1, 0.15) is 5.82 Å². The molecule has 23 heavy (non-hydrogen) atoms. The molecular weight excluding hydrogens is 291 g/mol. The van der Waals surface area contributed by atoms with Crippen molar-refractivity contribution in [3.8, 4) is 0 Å². The summed E-state index contributed by atoms with van der Waals surface area (Å²) >= 11 is 0. The lowest BCUT2D eigenvalue weighted by Gasteiger charge is -2.37. The molecule has 0 radical (unpaired) electrons. The second-order valence-electron chi connectivity index (χ2n) is 5.68. The van der Waals surface area contributed by atoms with Gasteiger partial charge in [0.15, 0.2) is 0 Å². The van der Waals surface area contributed by atoms with Crippen molar-refractivity contribution in [1.29, 1.82) is 0 Å². The Morgan fingerprint density at radius 3 is 2.39 bits per heavy atom. The molecule has 1 aliphatic rings. The normalized spacial score (nSPS) is 15.2. The number of aromatic nitrogens is 2. The van der Waals surface area contributed by atoms with Gasteiger partial charge >= 0.3 is 0 Å². The summed E-state index contributed by atoms with van der Waals surface area (Å²) in [6, 6.07) is 10.7. The number of nitrogens with zero attached hydrogens (tertiary/aromatic N) is 4. The third kappa shape index (κ3) is 2.70. The van der Waals surface area contributed by atoms with E-state index in [0.29, 0.717) is 0 Å². The topological polar surface area (TPSA) is 32.3 Å². The zero-order valence-electron chi connectivity index (χ0n) is 12.7. The molecule has 2 aromatic heterocycles. The smallest absolute Gasteiger partial charge is 0.123 e. The molecule has 4 rings (SSSR count). The van der Waals surface area contributed by atoms with Crippen molar-refractivity contribution in [1.82, 2.24) is 9.97 Å². The predicted octanol–water partition coefficient (Wildman–Crippen LogP) is 3.10. The standard InChI is InChI=1S/C18H17FN4/c19-15-3-5-16(6-4-15)22-8-10-23(11-9-22)17-13-20-12-14-2-1-7-21-18(14)17/h1-7,12-13H,8-11H2. The van der Waals surface area contributed by atoms with Gasteiger partial charge in [-0.1, -0.05) is 0 Å². The van der Waals surface area contributed by atoms with Crippen LogP contribution in [-0.4, -0.2) is 36.1 Å². The zero-order valence-corrected chi connectivity index (χ0v) is 12.7. The largest absolute Gasteiger partial charge is 0.368 e. The highest BCUT2D eigenvalue weighted by molar-refractivity contribution is 5.89. The summed E-state index contributed by atoms with van der Waals surface area (Å²) in [5, 5.41) is 1.06. The van der Waals surface area contributed by atoms with Crippen molar-refractivity contribution in [2.75, 3.05) is 36.0 Å². The van der Waals surface area contributed by atoms with Gasteiger partial charge in [0.05, 0.1) is 17.4 Å². The fraction of sp³-hybridized carbons (Fsp3) is 0.222. The monoisotopic (exact) mass is 308 g/mol. The Kier molecular flexibility index (Phi) is 3.54. The fourth-order valence-corrected chi connectivity index (χ4v) is 3.07. The molecule has 1 aromatic carbocycles. The number of hydrogen-bond acceptors (Lipinski definition) is 4. The van der Waals surface area contributed by atoms with Crippen LogP contribution in [0, 0.1) is 5.82 Å². The first-order chi connectivity index (χ1) is 11.3. The lowest BCUT2D eigenvalue weighted by atomic mass is 10.2. The maximum absolute atomic E-state index is 13.0. The Morgan fingerprint density at radius 2 is 1.61 bits per heavy atom. The summed E-state index contributed by atoms with van der Waals surface area (Å²) in [6.45, 7) is 3.59. The number of pyridine rings is 2. The first-order valence-corrected chi connectivity index (χ1v) is 7.75. The Bertz CT molecular complexity index is 805.